The summed E-state index contributed by atoms with van der Waals surface area (Å²) in [7, 11) is 0. The molecule has 5 nitrogen and oxygen atoms in total. The Morgan fingerprint density at radius 3 is 2.54 bits per heavy atom. The Labute approximate surface area is 144 Å². The van der Waals surface area contributed by atoms with E-state index < -0.39 is 0 Å². The lowest BCUT2D eigenvalue weighted by atomic mass is 9.96. The summed E-state index contributed by atoms with van der Waals surface area (Å²) in [6, 6.07) is 10.6. The Morgan fingerprint density at radius 1 is 1.25 bits per heavy atom. The van der Waals surface area contributed by atoms with E-state index in [-0.39, 0.29) is 24.0 Å². The van der Waals surface area contributed by atoms with Crippen LogP contribution in [0.2, 0.25) is 0 Å². The van der Waals surface area contributed by atoms with Gasteiger partial charge in [-0.25, -0.2) is 4.79 Å². The van der Waals surface area contributed by atoms with Crippen molar-refractivity contribution < 1.29 is 9.59 Å². The monoisotopic (exact) mass is 329 g/mol. The van der Waals surface area contributed by atoms with Crippen LogP contribution in [0.15, 0.2) is 30.3 Å². The third kappa shape index (κ3) is 3.71. The zero-order chi connectivity index (χ0) is 17.1. The molecule has 1 aromatic rings. The highest BCUT2D eigenvalue weighted by atomic mass is 16.2. The largest absolute Gasteiger partial charge is 0.336 e. The van der Waals surface area contributed by atoms with E-state index in [1.54, 1.807) is 0 Å². The Kier molecular flexibility index (Phi) is 5.07. The molecule has 2 fully saturated rings. The van der Waals surface area contributed by atoms with Crippen LogP contribution in [0.25, 0.3) is 0 Å². The number of carbonyl (C=O) groups excluding carboxylic acids is 2. The third-order valence-electron chi connectivity index (χ3n) is 5.11. The van der Waals surface area contributed by atoms with Gasteiger partial charge >= 0.3 is 6.03 Å². The summed E-state index contributed by atoms with van der Waals surface area (Å²) in [4.78, 5) is 28.0. The fraction of sp³-hybridized carbons (Fsp3) is 0.579. The van der Waals surface area contributed by atoms with Gasteiger partial charge in [-0.2, -0.15) is 0 Å². The predicted molar refractivity (Wildman–Crippen MR) is 93.6 cm³/mol. The number of urea groups is 1. The number of nitrogens with zero attached hydrogens (tertiary/aromatic N) is 2. The Morgan fingerprint density at radius 2 is 1.96 bits per heavy atom. The molecule has 1 unspecified atom stereocenters. The van der Waals surface area contributed by atoms with Crippen molar-refractivity contribution in [3.63, 3.8) is 0 Å². The first-order valence-electron chi connectivity index (χ1n) is 8.93. The summed E-state index contributed by atoms with van der Waals surface area (Å²) in [6.07, 6.45) is 2.45. The maximum atomic E-state index is 12.5. The van der Waals surface area contributed by atoms with Crippen molar-refractivity contribution in [3.05, 3.63) is 35.9 Å². The summed E-state index contributed by atoms with van der Waals surface area (Å²) in [5.41, 5.74) is 1.24. The van der Waals surface area contributed by atoms with Gasteiger partial charge in [-0.3, -0.25) is 4.79 Å². The molecule has 130 valence electrons. The van der Waals surface area contributed by atoms with E-state index in [4.69, 9.17) is 0 Å². The zero-order valence-corrected chi connectivity index (χ0v) is 14.6. The number of nitrogens with one attached hydrogen (secondary N) is 1. The number of hydrogen-bond acceptors (Lipinski definition) is 2. The second-order valence-electron chi connectivity index (χ2n) is 7.24. The molecule has 1 aromatic carbocycles. The van der Waals surface area contributed by atoms with Crippen LogP contribution >= 0.6 is 0 Å². The van der Waals surface area contributed by atoms with Gasteiger partial charge in [-0.15, -0.1) is 0 Å². The average molecular weight is 329 g/mol. The molecule has 1 N–H and O–H groups in total. The topological polar surface area (TPSA) is 52.7 Å². The Bertz CT molecular complexity index is 582. The molecule has 0 spiro atoms. The molecule has 2 aliphatic heterocycles. The molecule has 24 heavy (non-hydrogen) atoms. The maximum Gasteiger partial charge on any atom is 0.317 e. The van der Waals surface area contributed by atoms with Gasteiger partial charge < -0.3 is 15.1 Å². The van der Waals surface area contributed by atoms with Crippen molar-refractivity contribution in [1.82, 2.24) is 15.1 Å². The molecule has 0 aromatic heterocycles. The lowest BCUT2D eigenvalue weighted by Crippen LogP contribution is -2.64. The van der Waals surface area contributed by atoms with Gasteiger partial charge in [-0.05, 0) is 24.3 Å². The second kappa shape index (κ2) is 7.24. The fourth-order valence-electron chi connectivity index (χ4n) is 3.44. The molecular weight excluding hydrogens is 302 g/mol. The normalized spacial score (nSPS) is 19.5. The Hall–Kier alpha value is -2.04. The van der Waals surface area contributed by atoms with E-state index in [1.807, 2.05) is 28.0 Å². The minimum atomic E-state index is -0.00692. The molecule has 0 radical (unpaired) electrons. The van der Waals surface area contributed by atoms with Gasteiger partial charge in [0.2, 0.25) is 5.91 Å². The molecule has 2 aliphatic rings. The van der Waals surface area contributed by atoms with Crippen molar-refractivity contribution in [1.29, 1.82) is 0 Å². The van der Waals surface area contributed by atoms with Crippen molar-refractivity contribution in [2.45, 2.75) is 45.2 Å². The lowest BCUT2D eigenvalue weighted by molar-refractivity contribution is -0.132. The van der Waals surface area contributed by atoms with E-state index in [2.05, 4.69) is 31.3 Å². The number of hydrogen-bond donors (Lipinski definition) is 1. The molecule has 3 amide bonds. The minimum Gasteiger partial charge on any atom is -0.336 e. The molecular formula is C19H27N3O2. The number of amides is 3. The van der Waals surface area contributed by atoms with E-state index in [1.165, 1.54) is 5.56 Å². The van der Waals surface area contributed by atoms with Crippen LogP contribution in [0.4, 0.5) is 4.79 Å². The first-order valence-corrected chi connectivity index (χ1v) is 8.93. The van der Waals surface area contributed by atoms with Crippen LogP contribution in [0, 0.1) is 5.92 Å². The molecule has 0 saturated carbocycles. The van der Waals surface area contributed by atoms with Crippen molar-refractivity contribution in [2.24, 2.45) is 5.92 Å². The zero-order valence-electron chi connectivity index (χ0n) is 14.6. The first kappa shape index (κ1) is 16.8. The Balaban J connectivity index is 1.50. The highest BCUT2D eigenvalue weighted by molar-refractivity contribution is 5.80. The molecule has 5 heteroatoms. The molecule has 3 rings (SSSR count). The third-order valence-corrected chi connectivity index (χ3v) is 5.11. The maximum absolute atomic E-state index is 12.5. The lowest BCUT2D eigenvalue weighted by Gasteiger charge is -2.44. The van der Waals surface area contributed by atoms with Crippen molar-refractivity contribution in [2.75, 3.05) is 19.6 Å². The summed E-state index contributed by atoms with van der Waals surface area (Å²) in [5, 5.41) is 3.17. The van der Waals surface area contributed by atoms with E-state index in [0.717, 1.165) is 19.4 Å². The van der Waals surface area contributed by atoms with Crippen molar-refractivity contribution in [3.8, 4) is 0 Å². The number of rotatable bonds is 5. The van der Waals surface area contributed by atoms with Crippen LogP contribution in [0.1, 0.15) is 32.3 Å². The van der Waals surface area contributed by atoms with E-state index >= 15 is 0 Å². The molecule has 0 aliphatic carbocycles. The quantitative estimate of drug-likeness (QED) is 0.901. The van der Waals surface area contributed by atoms with Gasteiger partial charge in [0.05, 0.1) is 6.04 Å². The van der Waals surface area contributed by atoms with E-state index in [0.29, 0.717) is 25.4 Å². The number of benzene rings is 1. The molecule has 2 heterocycles. The predicted octanol–water partition coefficient (Wildman–Crippen LogP) is 2.27. The minimum absolute atomic E-state index is 0.00692. The van der Waals surface area contributed by atoms with Gasteiger partial charge in [0.15, 0.2) is 0 Å². The fourth-order valence-corrected chi connectivity index (χ4v) is 3.44. The summed E-state index contributed by atoms with van der Waals surface area (Å²) in [6.45, 7) is 6.44. The number of carbonyl (C=O) groups is 2. The van der Waals surface area contributed by atoms with Crippen LogP contribution in [0.3, 0.4) is 0 Å². The van der Waals surface area contributed by atoms with Crippen LogP contribution in [-0.2, 0) is 11.2 Å². The summed E-state index contributed by atoms with van der Waals surface area (Å²) < 4.78 is 0. The van der Waals surface area contributed by atoms with Crippen molar-refractivity contribution >= 4 is 11.9 Å². The summed E-state index contributed by atoms with van der Waals surface area (Å²) >= 11 is 0. The first-order chi connectivity index (χ1) is 11.5. The van der Waals surface area contributed by atoms with Gasteiger partial charge in [0.1, 0.15) is 0 Å². The van der Waals surface area contributed by atoms with E-state index in [9.17, 15) is 9.59 Å². The van der Waals surface area contributed by atoms with Gasteiger partial charge in [0.25, 0.3) is 0 Å². The van der Waals surface area contributed by atoms with Crippen LogP contribution in [-0.4, -0.2) is 53.5 Å². The average Bonchev–Trinajstić information content (AvgIpc) is 2.92. The molecule has 1 atom stereocenters. The summed E-state index contributed by atoms with van der Waals surface area (Å²) in [5.74, 6) is 0.607. The molecule has 0 bridgehead atoms. The SMILES string of the molecule is CC(C)C(Cc1ccccc1)NC(=O)N1CC(N2CCCC2=O)C1. The van der Waals surface area contributed by atoms with Gasteiger partial charge in [-0.1, -0.05) is 44.2 Å². The second-order valence-corrected chi connectivity index (χ2v) is 7.24. The highest BCUT2D eigenvalue weighted by Gasteiger charge is 2.39. The smallest absolute Gasteiger partial charge is 0.317 e. The highest BCUT2D eigenvalue weighted by Crippen LogP contribution is 2.21. The van der Waals surface area contributed by atoms with Gasteiger partial charge in [0, 0.05) is 32.1 Å². The van der Waals surface area contributed by atoms with Crippen LogP contribution < -0.4 is 5.32 Å². The standard InChI is InChI=1S/C19H27N3O2/c1-14(2)17(11-15-7-4-3-5-8-15)20-19(24)21-12-16(13-21)22-10-6-9-18(22)23/h3-5,7-8,14,16-17H,6,9-13H2,1-2H3,(H,20,24). The number of likely N-dealkylation sites (tertiary alicyclic amines) is 2. The molecule has 2 saturated heterocycles. The van der Waals surface area contributed by atoms with Crippen LogP contribution in [0.5, 0.6) is 0 Å².